The van der Waals surface area contributed by atoms with Crippen molar-refractivity contribution in [1.29, 1.82) is 0 Å². The number of ether oxygens (including phenoxy) is 1. The zero-order chi connectivity index (χ0) is 21.3. The lowest BCUT2D eigenvalue weighted by atomic mass is 10.1. The van der Waals surface area contributed by atoms with Crippen molar-refractivity contribution in [3.8, 4) is 0 Å². The van der Waals surface area contributed by atoms with E-state index in [1.54, 1.807) is 40.0 Å². The summed E-state index contributed by atoms with van der Waals surface area (Å²) in [5, 5.41) is 9.87. The van der Waals surface area contributed by atoms with Crippen LogP contribution in [-0.2, 0) is 11.8 Å². The third-order valence-electron chi connectivity index (χ3n) is 4.83. The van der Waals surface area contributed by atoms with E-state index in [2.05, 4.69) is 9.83 Å². The molecule has 2 aromatic rings. The Hall–Kier alpha value is -3.12. The number of carbonyl (C=O) groups excluding carboxylic acids is 1. The van der Waals surface area contributed by atoms with Crippen LogP contribution in [0.5, 0.6) is 0 Å². The van der Waals surface area contributed by atoms with Gasteiger partial charge in [-0.15, -0.1) is 4.98 Å². The van der Waals surface area contributed by atoms with E-state index < -0.39 is 17.7 Å². The lowest BCUT2D eigenvalue weighted by Crippen LogP contribution is -2.57. The van der Waals surface area contributed by atoms with E-state index in [4.69, 9.17) is 11.3 Å². The van der Waals surface area contributed by atoms with E-state index in [9.17, 15) is 14.7 Å². The van der Waals surface area contributed by atoms with Crippen LogP contribution in [-0.4, -0.2) is 63.5 Å². The molecule has 1 amide bonds. The van der Waals surface area contributed by atoms with Crippen LogP contribution in [0, 0.1) is 6.57 Å². The van der Waals surface area contributed by atoms with Crippen LogP contribution in [0.2, 0.25) is 0 Å². The summed E-state index contributed by atoms with van der Waals surface area (Å²) in [6, 6.07) is 4.29. The van der Waals surface area contributed by atoms with Crippen molar-refractivity contribution in [2.75, 3.05) is 31.1 Å². The smallest absolute Gasteiger partial charge is 0.410 e. The van der Waals surface area contributed by atoms with Crippen LogP contribution in [0.4, 0.5) is 16.3 Å². The fourth-order valence-electron chi connectivity index (χ4n) is 3.40. The van der Waals surface area contributed by atoms with Crippen molar-refractivity contribution in [3.63, 3.8) is 0 Å². The number of amides is 1. The van der Waals surface area contributed by atoms with E-state index >= 15 is 0 Å². The van der Waals surface area contributed by atoms with Gasteiger partial charge in [-0.1, -0.05) is 6.57 Å². The summed E-state index contributed by atoms with van der Waals surface area (Å²) >= 11 is 0. The number of hydrogen-bond donors (Lipinski definition) is 1. The molecule has 0 radical (unpaired) electrons. The van der Waals surface area contributed by atoms with E-state index in [1.807, 2.05) is 4.90 Å². The highest BCUT2D eigenvalue weighted by Gasteiger charge is 2.34. The Bertz CT molecular complexity index is 1030. The summed E-state index contributed by atoms with van der Waals surface area (Å²) in [5.41, 5.74) is 0.935. The second kappa shape index (κ2) is 7.72. The lowest BCUT2D eigenvalue weighted by molar-refractivity contribution is 0.00706. The van der Waals surface area contributed by atoms with Crippen LogP contribution in [0.15, 0.2) is 23.0 Å². The molecule has 154 valence electrons. The molecule has 1 aliphatic rings. The standard InChI is InChI=1S/C20H25N5O4/c1-20(2,3)29-19(28)25-9-8-24(11-13(25)12-26)15-10-17(27)23(5)14-6-7-16(21-4)22-18(14)15/h6-7,10,13,26H,8-9,11-12H2,1-3,5H3. The Morgan fingerprint density at radius 1 is 1.38 bits per heavy atom. The molecule has 3 rings (SSSR count). The first kappa shape index (κ1) is 20.6. The van der Waals surface area contributed by atoms with Gasteiger partial charge < -0.3 is 24.2 Å². The Kier molecular flexibility index (Phi) is 5.48. The van der Waals surface area contributed by atoms with Gasteiger partial charge in [0.1, 0.15) is 5.60 Å². The third kappa shape index (κ3) is 4.17. The number of aliphatic hydroxyl groups is 1. The number of pyridine rings is 2. The first-order valence-electron chi connectivity index (χ1n) is 9.38. The SMILES string of the molecule is [C-]#[N+]c1ccc2c(n1)c(N1CCN(C(=O)OC(C)(C)C)C(CO)C1)cc(=O)n2C. The molecular weight excluding hydrogens is 374 g/mol. The van der Waals surface area contributed by atoms with Crippen molar-refractivity contribution in [3.05, 3.63) is 40.0 Å². The molecule has 1 N–H and O–H groups in total. The predicted molar refractivity (Wildman–Crippen MR) is 109 cm³/mol. The topological polar surface area (TPSA) is 92.3 Å². The second-order valence-corrected chi connectivity index (χ2v) is 8.03. The average molecular weight is 399 g/mol. The summed E-state index contributed by atoms with van der Waals surface area (Å²) < 4.78 is 6.93. The largest absolute Gasteiger partial charge is 0.444 e. The van der Waals surface area contributed by atoms with Gasteiger partial charge in [0.2, 0.25) is 5.52 Å². The zero-order valence-corrected chi connectivity index (χ0v) is 17.0. The Morgan fingerprint density at radius 3 is 2.72 bits per heavy atom. The molecule has 0 bridgehead atoms. The summed E-state index contributed by atoms with van der Waals surface area (Å²) in [4.78, 5) is 36.2. The van der Waals surface area contributed by atoms with Crippen molar-refractivity contribution < 1.29 is 14.6 Å². The van der Waals surface area contributed by atoms with Crippen LogP contribution < -0.4 is 10.5 Å². The van der Waals surface area contributed by atoms with E-state index in [-0.39, 0.29) is 18.0 Å². The molecule has 3 heterocycles. The van der Waals surface area contributed by atoms with Crippen molar-refractivity contribution in [1.82, 2.24) is 14.5 Å². The second-order valence-electron chi connectivity index (χ2n) is 8.03. The van der Waals surface area contributed by atoms with Gasteiger partial charge in [0.25, 0.3) is 11.4 Å². The molecule has 1 aliphatic heterocycles. The maximum atomic E-state index is 12.5. The molecule has 1 fully saturated rings. The summed E-state index contributed by atoms with van der Waals surface area (Å²) in [5.74, 6) is 0.239. The summed E-state index contributed by atoms with van der Waals surface area (Å²) in [6.07, 6.45) is -0.474. The summed E-state index contributed by atoms with van der Waals surface area (Å²) in [7, 11) is 1.66. The lowest BCUT2D eigenvalue weighted by Gasteiger charge is -2.41. The van der Waals surface area contributed by atoms with Gasteiger partial charge in [0.05, 0.1) is 23.9 Å². The molecule has 29 heavy (non-hydrogen) atoms. The molecule has 9 nitrogen and oxygen atoms in total. The first-order valence-corrected chi connectivity index (χ1v) is 9.38. The van der Waals surface area contributed by atoms with Gasteiger partial charge >= 0.3 is 6.09 Å². The predicted octanol–water partition coefficient (Wildman–Crippen LogP) is 1.90. The minimum Gasteiger partial charge on any atom is -0.444 e. The molecule has 0 saturated carbocycles. The van der Waals surface area contributed by atoms with Gasteiger partial charge in [-0.25, -0.2) is 4.79 Å². The molecule has 2 aromatic heterocycles. The Labute approximate surface area is 168 Å². The summed E-state index contributed by atoms with van der Waals surface area (Å²) in [6.45, 7) is 13.5. The van der Waals surface area contributed by atoms with E-state index in [0.29, 0.717) is 36.4 Å². The number of aliphatic hydroxyl groups excluding tert-OH is 1. The van der Waals surface area contributed by atoms with Crippen molar-refractivity contribution in [2.45, 2.75) is 32.4 Å². The minimum atomic E-state index is -0.629. The van der Waals surface area contributed by atoms with Gasteiger partial charge in [0.15, 0.2) is 0 Å². The van der Waals surface area contributed by atoms with Crippen LogP contribution in [0.1, 0.15) is 20.8 Å². The highest BCUT2D eigenvalue weighted by Crippen LogP contribution is 2.28. The minimum absolute atomic E-state index is 0.194. The van der Waals surface area contributed by atoms with Gasteiger partial charge in [-0.05, 0) is 32.9 Å². The number of aromatic nitrogens is 2. The number of rotatable bonds is 2. The number of nitrogens with zero attached hydrogens (tertiary/aromatic N) is 5. The molecule has 9 heteroatoms. The molecule has 1 atom stereocenters. The number of fused-ring (bicyclic) bond motifs is 1. The molecule has 0 aromatic carbocycles. The van der Waals surface area contributed by atoms with Crippen molar-refractivity contribution >= 4 is 28.6 Å². The highest BCUT2D eigenvalue weighted by molar-refractivity contribution is 5.89. The zero-order valence-electron chi connectivity index (χ0n) is 17.0. The number of anilines is 1. The van der Waals surface area contributed by atoms with E-state index in [0.717, 1.165) is 0 Å². The fraction of sp³-hybridized carbons (Fsp3) is 0.500. The van der Waals surface area contributed by atoms with Crippen LogP contribution in [0.25, 0.3) is 15.9 Å². The van der Waals surface area contributed by atoms with Gasteiger partial charge in [0, 0.05) is 32.7 Å². The fourth-order valence-corrected chi connectivity index (χ4v) is 3.40. The molecule has 0 spiro atoms. The molecule has 0 aliphatic carbocycles. The monoisotopic (exact) mass is 399 g/mol. The maximum absolute atomic E-state index is 12.5. The Balaban J connectivity index is 1.96. The first-order chi connectivity index (χ1) is 13.6. The number of carbonyl (C=O) groups is 1. The number of hydrogen-bond acceptors (Lipinski definition) is 6. The molecule has 1 saturated heterocycles. The molecule has 1 unspecified atom stereocenters. The average Bonchev–Trinajstić information content (AvgIpc) is 2.68. The van der Waals surface area contributed by atoms with Gasteiger partial charge in [-0.3, -0.25) is 9.69 Å². The van der Waals surface area contributed by atoms with Crippen molar-refractivity contribution in [2.24, 2.45) is 7.05 Å². The number of aryl methyl sites for hydroxylation is 1. The quantitative estimate of drug-likeness (QED) is 0.776. The van der Waals surface area contributed by atoms with E-state index in [1.165, 1.54) is 15.5 Å². The Morgan fingerprint density at radius 2 is 2.10 bits per heavy atom. The molecular formula is C20H25N5O4. The van der Waals surface area contributed by atoms with Crippen LogP contribution in [0.3, 0.4) is 0 Å². The third-order valence-corrected chi connectivity index (χ3v) is 4.83. The van der Waals surface area contributed by atoms with Gasteiger partial charge in [-0.2, -0.15) is 0 Å². The number of piperazine rings is 1. The van der Waals surface area contributed by atoms with Crippen LogP contribution >= 0.6 is 0 Å². The maximum Gasteiger partial charge on any atom is 0.410 e. The normalized spacial score (nSPS) is 17.3. The highest BCUT2D eigenvalue weighted by atomic mass is 16.6.